The quantitative estimate of drug-likeness (QED) is 0.849. The van der Waals surface area contributed by atoms with Gasteiger partial charge in [-0.05, 0) is 29.7 Å². The Hall–Kier alpha value is -2.43. The number of methoxy groups -OCH3 is 1. The highest BCUT2D eigenvalue weighted by Crippen LogP contribution is 2.10. The van der Waals surface area contributed by atoms with Crippen LogP contribution in [0, 0.1) is 5.82 Å². The Bertz CT molecular complexity index is 590. The molecule has 1 aromatic carbocycles. The molecule has 0 radical (unpaired) electrons. The number of aromatic nitrogens is 1. The fourth-order valence-corrected chi connectivity index (χ4v) is 2.03. The van der Waals surface area contributed by atoms with Gasteiger partial charge in [0.25, 0.3) is 0 Å². The Labute approximate surface area is 123 Å². The summed E-state index contributed by atoms with van der Waals surface area (Å²) in [5, 5.41) is 0. The highest BCUT2D eigenvalue weighted by Gasteiger charge is 2.15. The summed E-state index contributed by atoms with van der Waals surface area (Å²) in [5.74, 6) is -0.260. The molecule has 2 rings (SSSR count). The Kier molecular flexibility index (Phi) is 5.26. The van der Waals surface area contributed by atoms with E-state index in [2.05, 4.69) is 4.98 Å². The summed E-state index contributed by atoms with van der Waals surface area (Å²) in [5.41, 5.74) is 1.48. The van der Waals surface area contributed by atoms with Gasteiger partial charge in [0.15, 0.2) is 0 Å². The molecule has 21 heavy (non-hydrogen) atoms. The van der Waals surface area contributed by atoms with Gasteiger partial charge in [-0.1, -0.05) is 24.3 Å². The third-order valence-electron chi connectivity index (χ3n) is 3.14. The normalized spacial score (nSPS) is 10.2. The van der Waals surface area contributed by atoms with Crippen LogP contribution in [0.3, 0.4) is 0 Å². The van der Waals surface area contributed by atoms with Gasteiger partial charge in [-0.15, -0.1) is 0 Å². The number of halogens is 1. The van der Waals surface area contributed by atoms with E-state index in [-0.39, 0.29) is 5.82 Å². The number of hydrogen-bond acceptors (Lipinski definition) is 3. The predicted octanol–water partition coefficient (Wildman–Crippen LogP) is 3.03. The number of benzene rings is 1. The smallest absolute Gasteiger partial charge is 0.409 e. The van der Waals surface area contributed by atoms with Crippen molar-refractivity contribution < 1.29 is 13.9 Å². The molecule has 0 aliphatic carbocycles. The van der Waals surface area contributed by atoms with Gasteiger partial charge in [0, 0.05) is 18.9 Å². The van der Waals surface area contributed by atoms with E-state index in [0.717, 1.165) is 5.56 Å². The number of nitrogens with zero attached hydrogens (tertiary/aromatic N) is 2. The van der Waals surface area contributed by atoms with E-state index in [1.165, 1.54) is 18.1 Å². The van der Waals surface area contributed by atoms with Crippen molar-refractivity contribution in [3.8, 4) is 0 Å². The van der Waals surface area contributed by atoms with E-state index in [4.69, 9.17) is 4.74 Å². The van der Waals surface area contributed by atoms with Crippen LogP contribution in [-0.4, -0.2) is 29.6 Å². The molecule has 0 spiro atoms. The molecule has 0 aliphatic heterocycles. The minimum atomic E-state index is -0.435. The van der Waals surface area contributed by atoms with E-state index >= 15 is 0 Å². The van der Waals surface area contributed by atoms with Crippen molar-refractivity contribution in [1.82, 2.24) is 9.88 Å². The molecule has 0 unspecified atom stereocenters. The first-order valence-corrected chi connectivity index (χ1v) is 6.66. The highest BCUT2D eigenvalue weighted by molar-refractivity contribution is 5.67. The van der Waals surface area contributed by atoms with Crippen LogP contribution < -0.4 is 0 Å². The number of hydrogen-bond donors (Lipinski definition) is 0. The maximum Gasteiger partial charge on any atom is 0.409 e. The van der Waals surface area contributed by atoms with E-state index < -0.39 is 6.09 Å². The third kappa shape index (κ3) is 4.27. The second kappa shape index (κ2) is 7.38. The molecule has 0 saturated heterocycles. The molecule has 0 atom stereocenters. The molecule has 2 aromatic rings. The lowest BCUT2D eigenvalue weighted by atomic mass is 10.1. The minimum Gasteiger partial charge on any atom is -0.453 e. The second-order valence-corrected chi connectivity index (χ2v) is 4.59. The van der Waals surface area contributed by atoms with Gasteiger partial charge in [0.2, 0.25) is 0 Å². The predicted molar refractivity (Wildman–Crippen MR) is 77.2 cm³/mol. The Morgan fingerprint density at radius 1 is 1.29 bits per heavy atom. The van der Waals surface area contributed by atoms with Gasteiger partial charge < -0.3 is 9.64 Å². The minimum absolute atomic E-state index is 0.260. The van der Waals surface area contributed by atoms with Gasteiger partial charge in [0.05, 0.1) is 13.7 Å². The first-order valence-electron chi connectivity index (χ1n) is 6.66. The van der Waals surface area contributed by atoms with Crippen LogP contribution in [-0.2, 0) is 17.7 Å². The number of pyridine rings is 1. The third-order valence-corrected chi connectivity index (χ3v) is 3.14. The molecule has 0 fully saturated rings. The molecule has 0 saturated carbocycles. The van der Waals surface area contributed by atoms with Crippen LogP contribution in [0.25, 0.3) is 0 Å². The van der Waals surface area contributed by atoms with Crippen LogP contribution in [0.1, 0.15) is 11.1 Å². The van der Waals surface area contributed by atoms with Crippen molar-refractivity contribution in [2.45, 2.75) is 13.0 Å². The van der Waals surface area contributed by atoms with Gasteiger partial charge in [-0.3, -0.25) is 4.98 Å². The second-order valence-electron chi connectivity index (χ2n) is 4.59. The number of ether oxygens (including phenoxy) is 1. The van der Waals surface area contributed by atoms with Gasteiger partial charge in [-0.2, -0.15) is 0 Å². The molecular weight excluding hydrogens is 271 g/mol. The molecule has 1 heterocycles. The van der Waals surface area contributed by atoms with Crippen molar-refractivity contribution in [2.24, 2.45) is 0 Å². The Morgan fingerprint density at radius 2 is 2.10 bits per heavy atom. The van der Waals surface area contributed by atoms with Gasteiger partial charge in [0.1, 0.15) is 5.82 Å². The summed E-state index contributed by atoms with van der Waals surface area (Å²) >= 11 is 0. The number of rotatable bonds is 5. The largest absolute Gasteiger partial charge is 0.453 e. The monoisotopic (exact) mass is 288 g/mol. The fraction of sp³-hybridized carbons (Fsp3) is 0.250. The van der Waals surface area contributed by atoms with Crippen LogP contribution in [0.2, 0.25) is 0 Å². The summed E-state index contributed by atoms with van der Waals surface area (Å²) in [6.45, 7) is 0.761. The molecule has 4 nitrogen and oxygen atoms in total. The molecular formula is C16H17FN2O2. The van der Waals surface area contributed by atoms with E-state index in [0.29, 0.717) is 25.1 Å². The fourth-order valence-electron chi connectivity index (χ4n) is 2.03. The molecule has 5 heteroatoms. The molecule has 110 valence electrons. The van der Waals surface area contributed by atoms with Crippen molar-refractivity contribution >= 4 is 6.09 Å². The summed E-state index contributed by atoms with van der Waals surface area (Å²) in [4.78, 5) is 17.4. The number of carbonyl (C=O) groups excluding carboxylic acids is 1. The lowest BCUT2D eigenvalue weighted by Gasteiger charge is -2.21. The summed E-state index contributed by atoms with van der Waals surface area (Å²) in [6, 6.07) is 10.2. The van der Waals surface area contributed by atoms with E-state index in [9.17, 15) is 9.18 Å². The molecule has 0 bridgehead atoms. The maximum absolute atomic E-state index is 13.6. The molecule has 1 amide bonds. The first kappa shape index (κ1) is 15.0. The first-order chi connectivity index (χ1) is 10.2. The molecule has 0 N–H and O–H groups in total. The van der Waals surface area contributed by atoms with Crippen molar-refractivity contribution in [3.63, 3.8) is 0 Å². The average molecular weight is 288 g/mol. The van der Waals surface area contributed by atoms with Gasteiger partial charge >= 0.3 is 6.09 Å². The molecule has 0 aliphatic rings. The van der Waals surface area contributed by atoms with Crippen LogP contribution in [0.5, 0.6) is 0 Å². The zero-order valence-corrected chi connectivity index (χ0v) is 11.8. The van der Waals surface area contributed by atoms with Crippen molar-refractivity contribution in [1.29, 1.82) is 0 Å². The number of carbonyl (C=O) groups is 1. The maximum atomic E-state index is 13.6. The summed E-state index contributed by atoms with van der Waals surface area (Å²) in [7, 11) is 1.33. The van der Waals surface area contributed by atoms with Gasteiger partial charge in [-0.25, -0.2) is 9.18 Å². The summed E-state index contributed by atoms with van der Waals surface area (Å²) in [6.07, 6.45) is 3.36. The average Bonchev–Trinajstić information content (AvgIpc) is 2.53. The van der Waals surface area contributed by atoms with E-state index in [1.54, 1.807) is 30.6 Å². The SMILES string of the molecule is COC(=O)N(CCc1ccccc1F)Cc1cccnc1. The van der Waals surface area contributed by atoms with E-state index in [1.807, 2.05) is 12.1 Å². The lowest BCUT2D eigenvalue weighted by molar-refractivity contribution is 0.121. The molecule has 1 aromatic heterocycles. The van der Waals surface area contributed by atoms with Crippen LogP contribution >= 0.6 is 0 Å². The summed E-state index contributed by atoms with van der Waals surface area (Å²) < 4.78 is 18.4. The van der Waals surface area contributed by atoms with Crippen molar-refractivity contribution in [3.05, 3.63) is 65.7 Å². The van der Waals surface area contributed by atoms with Crippen molar-refractivity contribution in [2.75, 3.05) is 13.7 Å². The topological polar surface area (TPSA) is 42.4 Å². The highest BCUT2D eigenvalue weighted by atomic mass is 19.1. The van der Waals surface area contributed by atoms with Crippen LogP contribution in [0.4, 0.5) is 9.18 Å². The zero-order valence-electron chi connectivity index (χ0n) is 11.8. The Morgan fingerprint density at radius 3 is 2.76 bits per heavy atom. The lowest BCUT2D eigenvalue weighted by Crippen LogP contribution is -2.32. The Balaban J connectivity index is 2.03. The standard InChI is InChI=1S/C16H17FN2O2/c1-21-16(20)19(12-13-5-4-9-18-11-13)10-8-14-6-2-3-7-15(14)17/h2-7,9,11H,8,10,12H2,1H3. The number of amides is 1. The van der Waals surface area contributed by atoms with Crippen LogP contribution in [0.15, 0.2) is 48.8 Å². The zero-order chi connectivity index (χ0) is 15.1.